The van der Waals surface area contributed by atoms with Crippen LogP contribution < -0.4 is 0 Å². The van der Waals surface area contributed by atoms with Crippen LogP contribution in [-0.4, -0.2) is 61.6 Å². The summed E-state index contributed by atoms with van der Waals surface area (Å²) in [6.45, 7) is 9.26. The second kappa shape index (κ2) is 5.94. The van der Waals surface area contributed by atoms with Gasteiger partial charge in [-0.05, 0) is 30.7 Å². The molecule has 0 radical (unpaired) electrons. The second-order valence-corrected chi connectivity index (χ2v) is 5.67. The van der Waals surface area contributed by atoms with Crippen LogP contribution in [0.2, 0.25) is 0 Å². The van der Waals surface area contributed by atoms with Crippen LogP contribution in [0.3, 0.4) is 0 Å². The van der Waals surface area contributed by atoms with Crippen LogP contribution in [0.1, 0.15) is 33.0 Å². The molecule has 1 saturated heterocycles. The van der Waals surface area contributed by atoms with Gasteiger partial charge in [-0.25, -0.2) is 4.68 Å². The number of ether oxygens (including phenoxy) is 1. The molecule has 1 aromatic rings. The van der Waals surface area contributed by atoms with Crippen molar-refractivity contribution in [3.05, 3.63) is 5.82 Å². The van der Waals surface area contributed by atoms with Crippen LogP contribution in [0, 0.1) is 0 Å². The Kier molecular flexibility index (Phi) is 4.49. The topological polar surface area (TPSA) is 76.3 Å². The molecule has 1 atom stereocenters. The molecule has 0 bridgehead atoms. The Hall–Kier alpha value is -1.05. The van der Waals surface area contributed by atoms with Crippen molar-refractivity contribution in [1.82, 2.24) is 25.1 Å². The Morgan fingerprint density at radius 1 is 1.47 bits per heavy atom. The van der Waals surface area contributed by atoms with Gasteiger partial charge in [0.1, 0.15) is 0 Å². The summed E-state index contributed by atoms with van der Waals surface area (Å²) in [5.74, 6) is 0.872. The standard InChI is InChI=1S/C12H23N5O2/c1-4-5-17-11(13-14-15-17)7-16-6-10(8-18)19-12(2,3)9-16/h10,18H,4-9H2,1-3H3. The van der Waals surface area contributed by atoms with Gasteiger partial charge >= 0.3 is 0 Å². The molecule has 0 saturated carbocycles. The van der Waals surface area contributed by atoms with Gasteiger partial charge in [0.15, 0.2) is 5.82 Å². The maximum Gasteiger partial charge on any atom is 0.165 e. The summed E-state index contributed by atoms with van der Waals surface area (Å²) in [6, 6.07) is 0. The maximum absolute atomic E-state index is 9.31. The maximum atomic E-state index is 9.31. The van der Waals surface area contributed by atoms with Crippen molar-refractivity contribution < 1.29 is 9.84 Å². The molecule has 1 unspecified atom stereocenters. The molecule has 2 heterocycles. The third-order valence-corrected chi connectivity index (χ3v) is 3.16. The van der Waals surface area contributed by atoms with E-state index in [1.54, 1.807) is 0 Å². The van der Waals surface area contributed by atoms with Crippen LogP contribution in [-0.2, 0) is 17.8 Å². The Labute approximate surface area is 113 Å². The lowest BCUT2D eigenvalue weighted by Gasteiger charge is -2.42. The Morgan fingerprint density at radius 2 is 2.26 bits per heavy atom. The fraction of sp³-hybridized carbons (Fsp3) is 0.917. The summed E-state index contributed by atoms with van der Waals surface area (Å²) in [5, 5.41) is 21.1. The van der Waals surface area contributed by atoms with Crippen LogP contribution in [0.5, 0.6) is 0 Å². The molecule has 1 fully saturated rings. The number of morpholine rings is 1. The molecule has 7 nitrogen and oxygen atoms in total. The number of tetrazole rings is 1. The zero-order chi connectivity index (χ0) is 13.9. The van der Waals surface area contributed by atoms with E-state index in [-0.39, 0.29) is 18.3 Å². The highest BCUT2D eigenvalue weighted by Crippen LogP contribution is 2.21. The van der Waals surface area contributed by atoms with E-state index in [0.717, 1.165) is 25.3 Å². The van der Waals surface area contributed by atoms with Crippen LogP contribution >= 0.6 is 0 Å². The Bertz CT molecular complexity index is 407. The molecule has 7 heteroatoms. The van der Waals surface area contributed by atoms with Gasteiger partial charge in [-0.2, -0.15) is 0 Å². The average Bonchev–Trinajstić information content (AvgIpc) is 2.75. The predicted molar refractivity (Wildman–Crippen MR) is 69.4 cm³/mol. The van der Waals surface area contributed by atoms with Crippen molar-refractivity contribution in [1.29, 1.82) is 0 Å². The lowest BCUT2D eigenvalue weighted by Crippen LogP contribution is -2.53. The van der Waals surface area contributed by atoms with E-state index >= 15 is 0 Å². The minimum Gasteiger partial charge on any atom is -0.394 e. The second-order valence-electron chi connectivity index (χ2n) is 5.67. The van der Waals surface area contributed by atoms with Gasteiger partial charge in [-0.3, -0.25) is 4.90 Å². The number of aryl methyl sites for hydroxylation is 1. The van der Waals surface area contributed by atoms with E-state index in [2.05, 4.69) is 27.3 Å². The summed E-state index contributed by atoms with van der Waals surface area (Å²) in [5.41, 5.74) is -0.255. The van der Waals surface area contributed by atoms with E-state index in [4.69, 9.17) is 4.74 Å². The molecule has 1 aliphatic heterocycles. The molecule has 108 valence electrons. The van der Waals surface area contributed by atoms with Crippen LogP contribution in [0.4, 0.5) is 0 Å². The molecule has 1 N–H and O–H groups in total. The third-order valence-electron chi connectivity index (χ3n) is 3.16. The van der Waals surface area contributed by atoms with Gasteiger partial charge in [0.25, 0.3) is 0 Å². The minimum absolute atomic E-state index is 0.0415. The van der Waals surface area contributed by atoms with Crippen LogP contribution in [0.25, 0.3) is 0 Å². The van der Waals surface area contributed by atoms with Gasteiger partial charge in [0, 0.05) is 19.6 Å². The van der Waals surface area contributed by atoms with E-state index in [1.807, 2.05) is 18.5 Å². The van der Waals surface area contributed by atoms with Gasteiger partial charge < -0.3 is 9.84 Å². The Morgan fingerprint density at radius 3 is 2.95 bits per heavy atom. The van der Waals surface area contributed by atoms with Gasteiger partial charge in [0.05, 0.1) is 24.9 Å². The first-order chi connectivity index (χ1) is 9.04. The molecule has 19 heavy (non-hydrogen) atoms. The molecular weight excluding hydrogens is 246 g/mol. The van der Waals surface area contributed by atoms with Crippen molar-refractivity contribution >= 4 is 0 Å². The molecule has 0 aromatic carbocycles. The SMILES string of the molecule is CCCn1nnnc1CN1CC(CO)OC(C)(C)C1. The monoisotopic (exact) mass is 269 g/mol. The van der Waals surface area contributed by atoms with E-state index in [0.29, 0.717) is 13.1 Å². The highest BCUT2D eigenvalue weighted by molar-refractivity contribution is 4.88. The van der Waals surface area contributed by atoms with Gasteiger partial charge in [0.2, 0.25) is 0 Å². The van der Waals surface area contributed by atoms with Crippen LogP contribution in [0.15, 0.2) is 0 Å². The van der Waals surface area contributed by atoms with Crippen molar-refractivity contribution in [2.75, 3.05) is 19.7 Å². The van der Waals surface area contributed by atoms with Crippen molar-refractivity contribution in [3.8, 4) is 0 Å². The summed E-state index contributed by atoms with van der Waals surface area (Å²) < 4.78 is 7.64. The molecule has 1 aromatic heterocycles. The molecule has 0 spiro atoms. The van der Waals surface area contributed by atoms with E-state index in [1.165, 1.54) is 0 Å². The van der Waals surface area contributed by atoms with Crippen molar-refractivity contribution in [2.24, 2.45) is 0 Å². The van der Waals surface area contributed by atoms with Crippen molar-refractivity contribution in [3.63, 3.8) is 0 Å². The summed E-state index contributed by atoms with van der Waals surface area (Å²) >= 11 is 0. The number of rotatable bonds is 5. The number of hydrogen-bond acceptors (Lipinski definition) is 6. The Balaban J connectivity index is 2.03. The molecular formula is C12H23N5O2. The number of aliphatic hydroxyl groups is 1. The lowest BCUT2D eigenvalue weighted by atomic mass is 10.1. The number of aliphatic hydroxyl groups excluding tert-OH is 1. The molecule has 2 rings (SSSR count). The fourth-order valence-corrected chi connectivity index (χ4v) is 2.55. The fourth-order valence-electron chi connectivity index (χ4n) is 2.55. The zero-order valence-corrected chi connectivity index (χ0v) is 11.9. The van der Waals surface area contributed by atoms with Crippen molar-refractivity contribution in [2.45, 2.75) is 52.0 Å². The minimum atomic E-state index is -0.255. The molecule has 0 aliphatic carbocycles. The highest BCUT2D eigenvalue weighted by atomic mass is 16.5. The lowest BCUT2D eigenvalue weighted by molar-refractivity contribution is -0.151. The van der Waals surface area contributed by atoms with E-state index < -0.39 is 0 Å². The smallest absolute Gasteiger partial charge is 0.165 e. The summed E-state index contributed by atoms with van der Waals surface area (Å²) in [6.07, 6.45) is 0.866. The van der Waals surface area contributed by atoms with Gasteiger partial charge in [-0.1, -0.05) is 6.92 Å². The largest absolute Gasteiger partial charge is 0.394 e. The third kappa shape index (κ3) is 3.71. The number of hydrogen-bond donors (Lipinski definition) is 1. The molecule has 0 amide bonds. The zero-order valence-electron chi connectivity index (χ0n) is 11.9. The first kappa shape index (κ1) is 14.4. The summed E-state index contributed by atoms with van der Waals surface area (Å²) in [4.78, 5) is 2.24. The quantitative estimate of drug-likeness (QED) is 0.814. The summed E-state index contributed by atoms with van der Waals surface area (Å²) in [7, 11) is 0. The van der Waals surface area contributed by atoms with Gasteiger partial charge in [-0.15, -0.1) is 5.10 Å². The number of nitrogens with zero attached hydrogens (tertiary/aromatic N) is 5. The average molecular weight is 269 g/mol. The first-order valence-electron chi connectivity index (χ1n) is 6.80. The van der Waals surface area contributed by atoms with E-state index in [9.17, 15) is 5.11 Å². The first-order valence-corrected chi connectivity index (χ1v) is 6.80. The molecule has 1 aliphatic rings. The normalized spacial score (nSPS) is 23.7. The number of aromatic nitrogens is 4. The highest BCUT2D eigenvalue weighted by Gasteiger charge is 2.33. The predicted octanol–water partition coefficient (Wildman–Crippen LogP) is 0.0548.